The second-order valence-electron chi connectivity index (χ2n) is 6.06. The van der Waals surface area contributed by atoms with E-state index >= 15 is 0 Å². The van der Waals surface area contributed by atoms with E-state index in [9.17, 15) is 14.4 Å². The third-order valence-corrected chi connectivity index (χ3v) is 3.92. The molecule has 1 fully saturated rings. The van der Waals surface area contributed by atoms with Crippen LogP contribution in [0.4, 0.5) is 10.5 Å². The summed E-state index contributed by atoms with van der Waals surface area (Å²) in [6.45, 7) is 1.55. The quantitative estimate of drug-likeness (QED) is 0.846. The van der Waals surface area contributed by atoms with Crippen LogP contribution < -0.4 is 10.6 Å². The predicted molar refractivity (Wildman–Crippen MR) is 91.7 cm³/mol. The van der Waals surface area contributed by atoms with Gasteiger partial charge in [-0.15, -0.1) is 0 Å². The molecular weight excluding hydrogens is 308 g/mol. The first-order chi connectivity index (χ1) is 11.5. The van der Waals surface area contributed by atoms with Crippen LogP contribution in [0.5, 0.6) is 0 Å². The van der Waals surface area contributed by atoms with Gasteiger partial charge >= 0.3 is 6.03 Å². The number of anilines is 1. The molecule has 1 heterocycles. The Labute approximate surface area is 142 Å². The summed E-state index contributed by atoms with van der Waals surface area (Å²) >= 11 is 0. The molecule has 1 aromatic carbocycles. The molecule has 0 unspecified atom stereocenters. The van der Waals surface area contributed by atoms with Gasteiger partial charge in [0.05, 0.1) is 13.0 Å². The molecule has 0 saturated carbocycles. The molecule has 4 amide bonds. The summed E-state index contributed by atoms with van der Waals surface area (Å²) in [4.78, 5) is 38.6. The minimum Gasteiger partial charge on any atom is -0.349 e. The topological polar surface area (TPSA) is 81.8 Å². The molecule has 1 saturated heterocycles. The van der Waals surface area contributed by atoms with Gasteiger partial charge in [0.15, 0.2) is 0 Å². The van der Waals surface area contributed by atoms with Crippen molar-refractivity contribution < 1.29 is 14.4 Å². The Morgan fingerprint density at radius 2 is 1.71 bits per heavy atom. The van der Waals surface area contributed by atoms with E-state index in [1.165, 1.54) is 4.90 Å². The lowest BCUT2D eigenvalue weighted by molar-refractivity contribution is -0.129. The molecule has 0 spiro atoms. The second-order valence-corrected chi connectivity index (χ2v) is 6.06. The molecule has 24 heavy (non-hydrogen) atoms. The van der Waals surface area contributed by atoms with Crippen LogP contribution in [0, 0.1) is 0 Å². The SMILES string of the molecule is CN(C)C(=O)Cc1ccc(NC(=O)NCC(=O)N2CCCC2)cc1. The fourth-order valence-corrected chi connectivity index (χ4v) is 2.45. The van der Waals surface area contributed by atoms with E-state index in [0.717, 1.165) is 31.5 Å². The van der Waals surface area contributed by atoms with Crippen molar-refractivity contribution in [2.24, 2.45) is 0 Å². The standard InChI is InChI=1S/C17H24N4O3/c1-20(2)15(22)11-13-5-7-14(8-6-13)19-17(24)18-12-16(23)21-9-3-4-10-21/h5-8H,3-4,9-12H2,1-2H3,(H2,18,19,24). The van der Waals surface area contributed by atoms with Crippen molar-refractivity contribution in [3.63, 3.8) is 0 Å². The Balaban J connectivity index is 1.77. The Morgan fingerprint density at radius 1 is 1.08 bits per heavy atom. The largest absolute Gasteiger partial charge is 0.349 e. The van der Waals surface area contributed by atoms with E-state index in [0.29, 0.717) is 12.1 Å². The van der Waals surface area contributed by atoms with Crippen LogP contribution in [0.1, 0.15) is 18.4 Å². The van der Waals surface area contributed by atoms with E-state index in [-0.39, 0.29) is 18.4 Å². The van der Waals surface area contributed by atoms with Gasteiger partial charge in [0.25, 0.3) is 0 Å². The number of likely N-dealkylation sites (tertiary alicyclic amines) is 1. The zero-order chi connectivity index (χ0) is 17.5. The van der Waals surface area contributed by atoms with E-state index in [2.05, 4.69) is 10.6 Å². The van der Waals surface area contributed by atoms with Gasteiger partial charge < -0.3 is 20.4 Å². The van der Waals surface area contributed by atoms with Crippen molar-refractivity contribution in [1.82, 2.24) is 15.1 Å². The van der Waals surface area contributed by atoms with E-state index in [1.807, 2.05) is 0 Å². The number of nitrogens with one attached hydrogen (secondary N) is 2. The normalized spacial score (nSPS) is 13.5. The number of likely N-dealkylation sites (N-methyl/N-ethyl adjacent to an activating group) is 1. The first-order valence-electron chi connectivity index (χ1n) is 8.07. The van der Waals surface area contributed by atoms with Gasteiger partial charge in [-0.25, -0.2) is 4.79 Å². The highest BCUT2D eigenvalue weighted by atomic mass is 16.2. The highest BCUT2D eigenvalue weighted by Gasteiger charge is 2.18. The summed E-state index contributed by atoms with van der Waals surface area (Å²) in [7, 11) is 3.43. The van der Waals surface area contributed by atoms with Gasteiger partial charge in [-0.1, -0.05) is 12.1 Å². The Morgan fingerprint density at radius 3 is 2.29 bits per heavy atom. The molecule has 0 atom stereocenters. The Bertz CT molecular complexity index is 592. The number of hydrogen-bond acceptors (Lipinski definition) is 3. The zero-order valence-corrected chi connectivity index (χ0v) is 14.2. The summed E-state index contributed by atoms with van der Waals surface area (Å²) in [6, 6.07) is 6.65. The van der Waals surface area contributed by atoms with Crippen molar-refractivity contribution in [3.8, 4) is 0 Å². The lowest BCUT2D eigenvalue weighted by Crippen LogP contribution is -2.40. The van der Waals surface area contributed by atoms with Crippen LogP contribution in [0.25, 0.3) is 0 Å². The molecule has 0 radical (unpaired) electrons. The van der Waals surface area contributed by atoms with Crippen LogP contribution in [-0.4, -0.2) is 61.4 Å². The summed E-state index contributed by atoms with van der Waals surface area (Å²) in [5.41, 5.74) is 1.49. The number of hydrogen-bond donors (Lipinski definition) is 2. The van der Waals surface area contributed by atoms with Crippen molar-refractivity contribution in [2.75, 3.05) is 39.0 Å². The number of carbonyl (C=O) groups excluding carboxylic acids is 3. The predicted octanol–water partition coefficient (Wildman–Crippen LogP) is 1.06. The van der Waals surface area contributed by atoms with Gasteiger partial charge in [0, 0.05) is 32.9 Å². The molecule has 7 heteroatoms. The van der Waals surface area contributed by atoms with Crippen molar-refractivity contribution in [3.05, 3.63) is 29.8 Å². The maximum atomic E-state index is 11.9. The van der Waals surface area contributed by atoms with E-state index in [1.54, 1.807) is 43.3 Å². The number of rotatable bonds is 5. The maximum Gasteiger partial charge on any atom is 0.319 e. The van der Waals surface area contributed by atoms with Crippen LogP contribution in [0.2, 0.25) is 0 Å². The zero-order valence-electron chi connectivity index (χ0n) is 14.2. The second kappa shape index (κ2) is 8.33. The van der Waals surface area contributed by atoms with Gasteiger partial charge in [0.1, 0.15) is 0 Å². The fraction of sp³-hybridized carbons (Fsp3) is 0.471. The fourth-order valence-electron chi connectivity index (χ4n) is 2.45. The number of urea groups is 1. The monoisotopic (exact) mass is 332 g/mol. The van der Waals surface area contributed by atoms with Crippen molar-refractivity contribution in [1.29, 1.82) is 0 Å². The molecule has 1 aliphatic rings. The van der Waals surface area contributed by atoms with Crippen LogP contribution in [0.3, 0.4) is 0 Å². The number of carbonyl (C=O) groups is 3. The molecule has 1 aromatic rings. The van der Waals surface area contributed by atoms with Crippen molar-refractivity contribution >= 4 is 23.5 Å². The van der Waals surface area contributed by atoms with Gasteiger partial charge in [-0.2, -0.15) is 0 Å². The minimum atomic E-state index is -0.417. The van der Waals surface area contributed by atoms with Crippen LogP contribution >= 0.6 is 0 Å². The van der Waals surface area contributed by atoms with Gasteiger partial charge in [-0.3, -0.25) is 9.59 Å². The summed E-state index contributed by atoms with van der Waals surface area (Å²) in [5.74, 6) is -0.0333. The van der Waals surface area contributed by atoms with Crippen LogP contribution in [0.15, 0.2) is 24.3 Å². The van der Waals surface area contributed by atoms with E-state index < -0.39 is 6.03 Å². The third-order valence-electron chi connectivity index (χ3n) is 3.92. The van der Waals surface area contributed by atoms with Crippen LogP contribution in [-0.2, 0) is 16.0 Å². The molecule has 2 rings (SSSR count). The number of nitrogens with zero attached hydrogens (tertiary/aromatic N) is 2. The van der Waals surface area contributed by atoms with Gasteiger partial charge in [-0.05, 0) is 30.5 Å². The molecule has 0 bridgehead atoms. The Kier molecular flexibility index (Phi) is 6.17. The smallest absolute Gasteiger partial charge is 0.319 e. The number of benzene rings is 1. The third kappa shape index (κ3) is 5.26. The molecule has 0 aromatic heterocycles. The van der Waals surface area contributed by atoms with Gasteiger partial charge in [0.2, 0.25) is 11.8 Å². The summed E-state index contributed by atoms with van der Waals surface area (Å²) in [6.07, 6.45) is 2.38. The Hall–Kier alpha value is -2.57. The molecule has 7 nitrogen and oxygen atoms in total. The summed E-state index contributed by atoms with van der Waals surface area (Å²) in [5, 5.41) is 5.24. The molecule has 130 valence electrons. The lowest BCUT2D eigenvalue weighted by Gasteiger charge is -2.15. The minimum absolute atomic E-state index is 0.00124. The first-order valence-corrected chi connectivity index (χ1v) is 8.07. The molecule has 0 aliphatic carbocycles. The summed E-state index contributed by atoms with van der Waals surface area (Å²) < 4.78 is 0. The maximum absolute atomic E-state index is 11.9. The average molecular weight is 332 g/mol. The van der Waals surface area contributed by atoms with Crippen molar-refractivity contribution in [2.45, 2.75) is 19.3 Å². The van der Waals surface area contributed by atoms with E-state index in [4.69, 9.17) is 0 Å². The lowest BCUT2D eigenvalue weighted by atomic mass is 10.1. The highest BCUT2D eigenvalue weighted by Crippen LogP contribution is 2.11. The number of amides is 4. The molecule has 1 aliphatic heterocycles. The molecular formula is C17H24N4O3. The average Bonchev–Trinajstić information content (AvgIpc) is 3.09. The first kappa shape index (κ1) is 17.8. The highest BCUT2D eigenvalue weighted by molar-refractivity contribution is 5.92. The molecule has 2 N–H and O–H groups in total.